The summed E-state index contributed by atoms with van der Waals surface area (Å²) in [5, 5.41) is 0. The van der Waals surface area contributed by atoms with Crippen LogP contribution >= 0.6 is 0 Å². The molecule has 0 saturated heterocycles. The Hall–Kier alpha value is 1.29. The molecule has 0 saturated carbocycles. The van der Waals surface area contributed by atoms with Gasteiger partial charge in [-0.1, -0.05) is 0 Å². The van der Waals surface area contributed by atoms with Crippen molar-refractivity contribution in [3.05, 3.63) is 7.18 Å². The first-order valence-corrected chi connectivity index (χ1v) is 36.0. The van der Waals surface area contributed by atoms with E-state index in [1.807, 2.05) is 0 Å². The van der Waals surface area contributed by atoms with Crippen LogP contribution in [-0.2, 0) is 4.43 Å². The fourth-order valence-corrected chi connectivity index (χ4v) is 28.9. The van der Waals surface area contributed by atoms with Gasteiger partial charge in [0.25, 0.3) is 0 Å². The summed E-state index contributed by atoms with van der Waals surface area (Å²) in [5.74, 6) is 3.77. The van der Waals surface area contributed by atoms with E-state index >= 15 is 0 Å². The molecule has 0 fully saturated rings. The van der Waals surface area contributed by atoms with Crippen LogP contribution in [0.3, 0.4) is 0 Å². The van der Waals surface area contributed by atoms with Crippen molar-refractivity contribution in [1.82, 2.24) is 0 Å². The number of allylic oxidation sites excluding steroid dienone is 1. The summed E-state index contributed by atoms with van der Waals surface area (Å²) in [6.07, 6.45) is 0. The Morgan fingerprint density at radius 3 is 1.52 bits per heavy atom. The Balaban J connectivity index is 6.16. The van der Waals surface area contributed by atoms with Gasteiger partial charge in [0.2, 0.25) is 0 Å². The van der Waals surface area contributed by atoms with Crippen LogP contribution in [0.2, 0.25) is 67.4 Å². The van der Waals surface area contributed by atoms with Crippen molar-refractivity contribution < 1.29 is 4.43 Å². The van der Waals surface area contributed by atoms with Crippen LogP contribution in [0.5, 0.6) is 0 Å². The molecule has 0 heterocycles. The fraction of sp³-hybridized carbons (Fsp3) is 0.800. The van der Waals surface area contributed by atoms with Gasteiger partial charge in [-0.15, -0.1) is 0 Å². The predicted octanol–water partition coefficient (Wildman–Crippen LogP) is 6.94. The Kier molecular flexibility index (Phi) is 10.7. The second-order valence-electron chi connectivity index (χ2n) is 10.4. The van der Waals surface area contributed by atoms with Crippen LogP contribution in [0.15, 0.2) is 7.18 Å². The van der Waals surface area contributed by atoms with E-state index in [9.17, 15) is 0 Å². The quantitative estimate of drug-likeness (QED) is 0.219. The van der Waals surface area contributed by atoms with Gasteiger partial charge in [-0.2, -0.15) is 0 Å². The summed E-state index contributed by atoms with van der Waals surface area (Å²) in [7, 11) is -2.89. The zero-order chi connectivity index (χ0) is 20.1. The molecule has 0 unspecified atom stereocenters. The van der Waals surface area contributed by atoms with Crippen LogP contribution in [0.1, 0.15) is 20.8 Å². The Bertz CT molecular complexity index is 511. The van der Waals surface area contributed by atoms with Gasteiger partial charge in [-0.05, 0) is 0 Å². The van der Waals surface area contributed by atoms with Crippen molar-refractivity contribution >= 4 is 53.1 Å². The van der Waals surface area contributed by atoms with Crippen LogP contribution < -0.4 is 0 Å². The third kappa shape index (κ3) is 9.36. The van der Waals surface area contributed by atoms with Gasteiger partial charge < -0.3 is 0 Å². The summed E-state index contributed by atoms with van der Waals surface area (Å²) >= 11 is -4.54. The predicted molar refractivity (Wildman–Crippen MR) is 128 cm³/mol. The van der Waals surface area contributed by atoms with Crippen LogP contribution in [0, 0.1) is 11.5 Å². The first-order valence-electron chi connectivity index (χ1n) is 10.0. The molecule has 25 heavy (non-hydrogen) atoms. The van der Waals surface area contributed by atoms with E-state index in [2.05, 4.69) is 81.5 Å². The summed E-state index contributed by atoms with van der Waals surface area (Å²) in [6, 6.07) is 3.71. The zero-order valence-corrected chi connectivity index (χ0v) is 26.9. The molecule has 0 amide bonds. The Labute approximate surface area is 169 Å². The molecule has 146 valence electrons. The minimum atomic E-state index is -2.27. The van der Waals surface area contributed by atoms with Crippen molar-refractivity contribution in [3.8, 4) is 11.5 Å². The molecule has 0 N–H and O–H groups in total. The van der Waals surface area contributed by atoms with Crippen molar-refractivity contribution in [2.75, 3.05) is 6.61 Å². The fourth-order valence-electron chi connectivity index (χ4n) is 2.91. The molecule has 0 radical (unpaired) electrons. The molecule has 5 heteroatoms. The third-order valence-electron chi connectivity index (χ3n) is 4.98. The summed E-state index contributed by atoms with van der Waals surface area (Å²) in [6.45, 7) is 15.0. The number of rotatable bonds is 8. The van der Waals surface area contributed by atoms with Gasteiger partial charge >= 0.3 is 171 Å². The molecule has 0 bridgehead atoms. The van der Waals surface area contributed by atoms with Crippen molar-refractivity contribution in [1.29, 1.82) is 0 Å². The first-order chi connectivity index (χ1) is 11.1. The molecular weight excluding hydrogens is 550 g/mol. The van der Waals surface area contributed by atoms with E-state index in [1.165, 1.54) is 18.1 Å². The van der Waals surface area contributed by atoms with Crippen LogP contribution in [0.4, 0.5) is 0 Å². The zero-order valence-electron chi connectivity index (χ0n) is 19.2. The van der Waals surface area contributed by atoms with Gasteiger partial charge in [-0.25, -0.2) is 0 Å². The molecule has 1 nitrogen and oxygen atoms in total. The van der Waals surface area contributed by atoms with Crippen molar-refractivity contribution in [2.45, 2.75) is 88.2 Å². The molecule has 0 aromatic carbocycles. The van der Waals surface area contributed by atoms with Crippen molar-refractivity contribution in [3.63, 3.8) is 0 Å². The molecular formula is C20H44OSi2Sn2. The van der Waals surface area contributed by atoms with E-state index in [-0.39, 0.29) is 0 Å². The monoisotopic (exact) mass is 596 g/mol. The molecule has 0 atom stereocenters. The minimum absolute atomic E-state index is 0.894. The van der Waals surface area contributed by atoms with Crippen LogP contribution in [-0.4, -0.2) is 59.8 Å². The van der Waals surface area contributed by atoms with Gasteiger partial charge in [0.1, 0.15) is 0 Å². The first kappa shape index (κ1) is 26.3. The number of hydrogen-bond donors (Lipinski definition) is 0. The second-order valence-corrected chi connectivity index (χ2v) is 48.7. The summed E-state index contributed by atoms with van der Waals surface area (Å²) in [4.78, 5) is 15.2. The maximum absolute atomic E-state index is 6.78. The molecule has 0 aromatic heterocycles. The van der Waals surface area contributed by atoms with E-state index in [0.717, 1.165) is 6.61 Å². The van der Waals surface area contributed by atoms with E-state index in [4.69, 9.17) is 4.43 Å². The third-order valence-corrected chi connectivity index (χ3v) is 24.3. The second kappa shape index (κ2) is 10.2. The maximum atomic E-state index is 6.78. The number of hydrogen-bond acceptors (Lipinski definition) is 1. The van der Waals surface area contributed by atoms with Gasteiger partial charge in [0.05, 0.1) is 0 Å². The summed E-state index contributed by atoms with van der Waals surface area (Å²) in [5.41, 5.74) is 3.69. The van der Waals surface area contributed by atoms with Gasteiger partial charge in [-0.3, -0.25) is 0 Å². The van der Waals surface area contributed by atoms with Crippen molar-refractivity contribution in [2.24, 2.45) is 0 Å². The van der Waals surface area contributed by atoms with E-state index in [1.54, 1.807) is 7.18 Å². The summed E-state index contributed by atoms with van der Waals surface area (Å²) < 4.78 is 10.1. The molecule has 0 aliphatic carbocycles. The average Bonchev–Trinajstić information content (AvgIpc) is 2.43. The average molecular weight is 594 g/mol. The SMILES string of the molecule is CC[Si](CC)(CC)OC/[C](=[C](/C#C[Si](C)(C)C)[Sn]([CH3])([CH3])[CH3])[Sn]([CH3])([CH3])[CH3]. The molecule has 0 spiro atoms. The standard InChI is InChI=1S/C14H26OSi2.6CH3.2Sn/c1-7-17(8-2,9-3)15-13-11-10-12-14-16(4,5)6;;;;;;;;/h7-9,13H2,1-6H3;6*1H3;;. The normalized spacial score (nSPS) is 14.7. The van der Waals surface area contributed by atoms with Gasteiger partial charge in [0, 0.05) is 0 Å². The van der Waals surface area contributed by atoms with Gasteiger partial charge in [0.15, 0.2) is 0 Å². The van der Waals surface area contributed by atoms with E-state index in [0.29, 0.717) is 0 Å². The van der Waals surface area contributed by atoms with E-state index < -0.39 is 53.1 Å². The van der Waals surface area contributed by atoms with Crippen LogP contribution in [0.25, 0.3) is 0 Å². The molecule has 0 rings (SSSR count). The Morgan fingerprint density at radius 1 is 0.800 bits per heavy atom. The molecule has 0 aromatic rings. The molecule has 0 aliphatic heterocycles. The topological polar surface area (TPSA) is 9.23 Å². The molecule has 0 aliphatic rings. The Morgan fingerprint density at radius 2 is 1.24 bits per heavy atom.